The summed E-state index contributed by atoms with van der Waals surface area (Å²) in [7, 11) is 0. The van der Waals surface area contributed by atoms with E-state index in [9.17, 15) is 24.8 Å². The molecule has 1 aromatic heterocycles. The van der Waals surface area contributed by atoms with E-state index in [-0.39, 0.29) is 51.5 Å². The number of nitro benzene ring substituents is 1. The van der Waals surface area contributed by atoms with Crippen LogP contribution in [0, 0.1) is 10.1 Å². The standard InChI is InChI=1S/C22H20N2O7S/c1-3-7-18(25)23-21-19(22(27)30-4-2)20(26)17(32-21)12-13-10-11-16(31-13)14-8-5-6-9-15(14)24(28)29/h5-6,8-12,26H,3-4,7H2,1-2H3/b17-12-,23-21?. The second kappa shape index (κ2) is 10.1. The van der Waals surface area contributed by atoms with Gasteiger partial charge in [0.05, 0.1) is 22.0 Å². The molecule has 1 amide bonds. The van der Waals surface area contributed by atoms with Gasteiger partial charge in [0.2, 0.25) is 5.91 Å². The topological polar surface area (TPSA) is 132 Å². The van der Waals surface area contributed by atoms with Crippen LogP contribution in [0.2, 0.25) is 0 Å². The number of para-hydroxylation sites is 1. The highest BCUT2D eigenvalue weighted by atomic mass is 32.2. The fourth-order valence-electron chi connectivity index (χ4n) is 2.92. The number of nitro groups is 1. The van der Waals surface area contributed by atoms with Crippen molar-refractivity contribution >= 4 is 40.4 Å². The number of thioether (sulfide) groups is 1. The molecule has 0 radical (unpaired) electrons. The molecule has 32 heavy (non-hydrogen) atoms. The van der Waals surface area contributed by atoms with Crippen LogP contribution in [0.3, 0.4) is 0 Å². The van der Waals surface area contributed by atoms with Gasteiger partial charge in [0.25, 0.3) is 5.69 Å². The average molecular weight is 456 g/mol. The third kappa shape index (κ3) is 4.97. The molecule has 2 aromatic rings. The highest BCUT2D eigenvalue weighted by Gasteiger charge is 2.34. The van der Waals surface area contributed by atoms with Gasteiger partial charge in [-0.2, -0.15) is 0 Å². The van der Waals surface area contributed by atoms with Gasteiger partial charge in [-0.25, -0.2) is 9.79 Å². The van der Waals surface area contributed by atoms with Crippen LogP contribution in [-0.4, -0.2) is 33.6 Å². The first-order chi connectivity index (χ1) is 15.3. The Labute approximate surface area is 187 Å². The van der Waals surface area contributed by atoms with E-state index in [0.717, 1.165) is 11.8 Å². The van der Waals surface area contributed by atoms with Crippen molar-refractivity contribution in [1.29, 1.82) is 0 Å². The number of rotatable bonds is 7. The fourth-order valence-corrected chi connectivity index (χ4v) is 3.93. The molecule has 0 unspecified atom stereocenters. The lowest BCUT2D eigenvalue weighted by molar-refractivity contribution is -0.384. The summed E-state index contributed by atoms with van der Waals surface area (Å²) in [5, 5.41) is 22.0. The number of hydrogen-bond donors (Lipinski definition) is 1. The number of carbonyl (C=O) groups is 2. The van der Waals surface area contributed by atoms with E-state index in [2.05, 4.69) is 4.99 Å². The van der Waals surface area contributed by atoms with Crippen molar-refractivity contribution in [3.63, 3.8) is 0 Å². The first kappa shape index (κ1) is 23.0. The van der Waals surface area contributed by atoms with Gasteiger partial charge in [0, 0.05) is 12.5 Å². The van der Waals surface area contributed by atoms with Crippen LogP contribution < -0.4 is 0 Å². The summed E-state index contributed by atoms with van der Waals surface area (Å²) >= 11 is 0.940. The molecule has 1 aliphatic heterocycles. The summed E-state index contributed by atoms with van der Waals surface area (Å²) < 4.78 is 10.7. The van der Waals surface area contributed by atoms with Crippen LogP contribution in [0.1, 0.15) is 32.4 Å². The molecule has 3 rings (SSSR count). The lowest BCUT2D eigenvalue weighted by Gasteiger charge is -2.03. The van der Waals surface area contributed by atoms with E-state index in [1.54, 1.807) is 37.3 Å². The SMILES string of the molecule is CCCC(=O)N=C1S/C(=C\c2ccc(-c3ccccc3[N+](=O)[O-])o2)C(O)=C1C(=O)OCC. The van der Waals surface area contributed by atoms with Crippen molar-refractivity contribution in [3.05, 3.63) is 68.5 Å². The summed E-state index contributed by atoms with van der Waals surface area (Å²) in [6.07, 6.45) is 2.26. The van der Waals surface area contributed by atoms with E-state index < -0.39 is 16.8 Å². The van der Waals surface area contributed by atoms with Crippen molar-refractivity contribution in [2.75, 3.05) is 6.61 Å². The van der Waals surface area contributed by atoms with Crippen LogP contribution in [0.25, 0.3) is 17.4 Å². The summed E-state index contributed by atoms with van der Waals surface area (Å²) in [5.74, 6) is -1.02. The number of aliphatic hydroxyl groups is 1. The fraction of sp³-hybridized carbons (Fsp3) is 0.227. The second-order valence-electron chi connectivity index (χ2n) is 6.59. The summed E-state index contributed by atoms with van der Waals surface area (Å²) in [6, 6.07) is 9.31. The van der Waals surface area contributed by atoms with Crippen LogP contribution in [-0.2, 0) is 14.3 Å². The monoisotopic (exact) mass is 456 g/mol. The van der Waals surface area contributed by atoms with Gasteiger partial charge < -0.3 is 14.3 Å². The number of carbonyl (C=O) groups excluding carboxylic acids is 2. The minimum atomic E-state index is -0.788. The van der Waals surface area contributed by atoms with E-state index in [1.807, 2.05) is 6.92 Å². The predicted octanol–water partition coefficient (Wildman–Crippen LogP) is 5.04. The molecular formula is C22H20N2O7S. The van der Waals surface area contributed by atoms with Crippen LogP contribution in [0.15, 0.2) is 62.0 Å². The molecule has 0 bridgehead atoms. The highest BCUT2D eigenvalue weighted by molar-refractivity contribution is 8.18. The van der Waals surface area contributed by atoms with Crippen LogP contribution in [0.4, 0.5) is 5.69 Å². The maximum Gasteiger partial charge on any atom is 0.344 e. The lowest BCUT2D eigenvalue weighted by Crippen LogP contribution is -2.14. The Morgan fingerprint density at radius 2 is 2.00 bits per heavy atom. The quantitative estimate of drug-likeness (QED) is 0.348. The van der Waals surface area contributed by atoms with E-state index in [0.29, 0.717) is 12.0 Å². The molecule has 0 fully saturated rings. The largest absolute Gasteiger partial charge is 0.506 e. The van der Waals surface area contributed by atoms with Crippen molar-refractivity contribution < 1.29 is 28.8 Å². The van der Waals surface area contributed by atoms with Gasteiger partial charge in [0.15, 0.2) is 0 Å². The number of nitrogens with zero attached hydrogens (tertiary/aromatic N) is 2. The Hall–Kier alpha value is -3.66. The van der Waals surface area contributed by atoms with Gasteiger partial charge in [-0.15, -0.1) is 0 Å². The third-order valence-electron chi connectivity index (χ3n) is 4.33. The highest BCUT2D eigenvalue weighted by Crippen LogP contribution is 2.40. The number of furan rings is 1. The maximum absolute atomic E-state index is 12.3. The molecule has 1 N–H and O–H groups in total. The van der Waals surface area contributed by atoms with Crippen LogP contribution in [0.5, 0.6) is 0 Å². The predicted molar refractivity (Wildman–Crippen MR) is 120 cm³/mol. The molecule has 10 heteroatoms. The zero-order valence-corrected chi connectivity index (χ0v) is 18.2. The first-order valence-corrected chi connectivity index (χ1v) is 10.6. The van der Waals surface area contributed by atoms with Crippen molar-refractivity contribution in [2.24, 2.45) is 4.99 Å². The molecule has 0 saturated heterocycles. The molecule has 9 nitrogen and oxygen atoms in total. The summed E-state index contributed by atoms with van der Waals surface area (Å²) in [5.41, 5.74) is 0.0196. The zero-order chi connectivity index (χ0) is 23.3. The second-order valence-corrected chi connectivity index (χ2v) is 7.62. The average Bonchev–Trinajstić information content (AvgIpc) is 3.33. The first-order valence-electron chi connectivity index (χ1n) is 9.81. The van der Waals surface area contributed by atoms with Crippen molar-refractivity contribution in [2.45, 2.75) is 26.7 Å². The molecular weight excluding hydrogens is 436 g/mol. The van der Waals surface area contributed by atoms with Crippen LogP contribution >= 0.6 is 11.8 Å². The number of hydrogen-bond acceptors (Lipinski definition) is 8. The molecule has 0 saturated carbocycles. The van der Waals surface area contributed by atoms with Crippen molar-refractivity contribution in [1.82, 2.24) is 0 Å². The zero-order valence-electron chi connectivity index (χ0n) is 17.4. The summed E-state index contributed by atoms with van der Waals surface area (Å²) in [6.45, 7) is 3.55. The molecule has 1 aliphatic rings. The Kier molecular flexibility index (Phi) is 7.26. The Morgan fingerprint density at radius 1 is 1.25 bits per heavy atom. The van der Waals surface area contributed by atoms with E-state index in [1.165, 1.54) is 12.1 Å². The van der Waals surface area contributed by atoms with E-state index >= 15 is 0 Å². The number of ether oxygens (including phenoxy) is 1. The number of benzene rings is 1. The van der Waals surface area contributed by atoms with Gasteiger partial charge in [-0.1, -0.05) is 30.8 Å². The molecule has 0 spiro atoms. The lowest BCUT2D eigenvalue weighted by atomic mass is 10.1. The molecule has 166 valence electrons. The smallest absolute Gasteiger partial charge is 0.344 e. The normalized spacial score (nSPS) is 16.1. The maximum atomic E-state index is 12.3. The Bertz CT molecular complexity index is 1160. The minimum Gasteiger partial charge on any atom is -0.506 e. The van der Waals surface area contributed by atoms with E-state index in [4.69, 9.17) is 9.15 Å². The van der Waals surface area contributed by atoms with Gasteiger partial charge >= 0.3 is 5.97 Å². The van der Waals surface area contributed by atoms with Crippen molar-refractivity contribution in [3.8, 4) is 11.3 Å². The molecule has 2 heterocycles. The van der Waals surface area contributed by atoms with Gasteiger partial charge in [-0.05, 0) is 37.6 Å². The summed E-state index contributed by atoms with van der Waals surface area (Å²) in [4.78, 5) is 39.3. The number of aliphatic imine (C=N–C) groups is 1. The minimum absolute atomic E-state index is 0.0520. The number of aliphatic hydroxyl groups excluding tert-OH is 1. The molecule has 0 aliphatic carbocycles. The Morgan fingerprint density at radius 3 is 2.69 bits per heavy atom. The molecule has 1 aromatic carbocycles. The number of esters is 1. The van der Waals surface area contributed by atoms with Gasteiger partial charge in [-0.3, -0.25) is 14.9 Å². The number of amides is 1. The van der Waals surface area contributed by atoms with Gasteiger partial charge in [0.1, 0.15) is 27.9 Å². The molecule has 0 atom stereocenters. The third-order valence-corrected chi connectivity index (χ3v) is 5.35. The Balaban J connectivity index is 1.98.